The Labute approximate surface area is 85.3 Å². The van der Waals surface area contributed by atoms with Crippen molar-refractivity contribution in [3.8, 4) is 6.07 Å². The van der Waals surface area contributed by atoms with Crippen molar-refractivity contribution in [2.45, 2.75) is 26.8 Å². The Balaban J connectivity index is 2.74. The number of nitriles is 1. The first-order chi connectivity index (χ1) is 6.70. The molecule has 0 saturated carbocycles. The van der Waals surface area contributed by atoms with Crippen LogP contribution in [0.3, 0.4) is 0 Å². The van der Waals surface area contributed by atoms with E-state index >= 15 is 0 Å². The van der Waals surface area contributed by atoms with E-state index in [2.05, 4.69) is 18.3 Å². The molecule has 1 N–H and O–H groups in total. The second kappa shape index (κ2) is 4.83. The average Bonchev–Trinajstić information content (AvgIpc) is 2.46. The van der Waals surface area contributed by atoms with Crippen molar-refractivity contribution in [2.24, 2.45) is 7.05 Å². The lowest BCUT2D eigenvalue weighted by Crippen LogP contribution is -2.14. The Bertz CT molecular complexity index is 344. The van der Waals surface area contributed by atoms with Gasteiger partial charge in [0.05, 0.1) is 0 Å². The molecule has 76 valence electrons. The molecule has 0 aromatic carbocycles. The van der Waals surface area contributed by atoms with Crippen molar-refractivity contribution in [3.05, 3.63) is 23.0 Å². The van der Waals surface area contributed by atoms with Crippen molar-refractivity contribution in [1.29, 1.82) is 5.26 Å². The fourth-order valence-electron chi connectivity index (χ4n) is 1.45. The maximum atomic E-state index is 8.84. The van der Waals surface area contributed by atoms with Crippen molar-refractivity contribution in [2.75, 3.05) is 6.54 Å². The van der Waals surface area contributed by atoms with Crippen molar-refractivity contribution < 1.29 is 0 Å². The molecule has 0 atom stereocenters. The molecule has 0 aliphatic heterocycles. The van der Waals surface area contributed by atoms with Crippen molar-refractivity contribution in [3.63, 3.8) is 0 Å². The lowest BCUT2D eigenvalue weighted by atomic mass is 10.2. The summed E-state index contributed by atoms with van der Waals surface area (Å²) in [6, 6.07) is 4.14. The number of rotatable bonds is 4. The predicted octanol–water partition coefficient (Wildman–Crippen LogP) is 1.70. The molecule has 0 bridgehead atoms. The molecule has 0 unspecified atom stereocenters. The van der Waals surface area contributed by atoms with E-state index in [-0.39, 0.29) is 0 Å². The summed E-state index contributed by atoms with van der Waals surface area (Å²) in [4.78, 5) is 0. The molecule has 3 nitrogen and oxygen atoms in total. The highest BCUT2D eigenvalue weighted by Crippen LogP contribution is 2.12. The van der Waals surface area contributed by atoms with Crippen LogP contribution in [0.1, 0.15) is 30.3 Å². The zero-order valence-electron chi connectivity index (χ0n) is 9.09. The van der Waals surface area contributed by atoms with E-state index in [9.17, 15) is 0 Å². The van der Waals surface area contributed by atoms with E-state index in [0.29, 0.717) is 0 Å². The second-order valence-corrected chi connectivity index (χ2v) is 3.49. The standard InChI is InChI=1S/C11H17N3/c1-4-5-13-8-10-6-11(7-12)14(3)9(10)2/h6,13H,4-5,8H2,1-3H3. The number of aromatic nitrogens is 1. The molecule has 1 rings (SSSR count). The SMILES string of the molecule is CCCNCc1cc(C#N)n(C)c1C. The molecule has 3 heteroatoms. The third kappa shape index (κ3) is 2.15. The minimum Gasteiger partial charge on any atom is -0.340 e. The molecule has 0 spiro atoms. The fraction of sp³-hybridized carbons (Fsp3) is 0.545. The zero-order valence-corrected chi connectivity index (χ0v) is 9.09. The Morgan fingerprint density at radius 2 is 2.29 bits per heavy atom. The van der Waals surface area contributed by atoms with Crippen LogP contribution in [0.25, 0.3) is 0 Å². The highest BCUT2D eigenvalue weighted by atomic mass is 15.0. The lowest BCUT2D eigenvalue weighted by Gasteiger charge is -2.03. The molecule has 0 radical (unpaired) electrons. The van der Waals surface area contributed by atoms with Gasteiger partial charge in [-0.3, -0.25) is 0 Å². The Morgan fingerprint density at radius 1 is 1.57 bits per heavy atom. The van der Waals surface area contributed by atoms with E-state index in [4.69, 9.17) is 5.26 Å². The summed E-state index contributed by atoms with van der Waals surface area (Å²) in [5.41, 5.74) is 3.12. The van der Waals surface area contributed by atoms with Crippen LogP contribution in [0, 0.1) is 18.3 Å². The summed E-state index contributed by atoms with van der Waals surface area (Å²) in [7, 11) is 1.93. The molecule has 1 aromatic heterocycles. The molecule has 0 saturated heterocycles. The summed E-state index contributed by atoms with van der Waals surface area (Å²) in [5.74, 6) is 0. The van der Waals surface area contributed by atoms with Gasteiger partial charge in [0.15, 0.2) is 0 Å². The molecule has 14 heavy (non-hydrogen) atoms. The smallest absolute Gasteiger partial charge is 0.120 e. The van der Waals surface area contributed by atoms with Crippen LogP contribution < -0.4 is 5.32 Å². The monoisotopic (exact) mass is 191 g/mol. The van der Waals surface area contributed by atoms with Crippen LogP contribution in [-0.2, 0) is 13.6 Å². The number of hydrogen-bond acceptors (Lipinski definition) is 2. The minimum atomic E-state index is 0.732. The van der Waals surface area contributed by atoms with E-state index < -0.39 is 0 Å². The first-order valence-electron chi connectivity index (χ1n) is 4.96. The quantitative estimate of drug-likeness (QED) is 0.736. The van der Waals surface area contributed by atoms with Crippen LogP contribution >= 0.6 is 0 Å². The van der Waals surface area contributed by atoms with Gasteiger partial charge in [0, 0.05) is 19.3 Å². The summed E-state index contributed by atoms with van der Waals surface area (Å²) < 4.78 is 1.93. The number of hydrogen-bond donors (Lipinski definition) is 1. The van der Waals surface area contributed by atoms with E-state index in [1.165, 1.54) is 11.3 Å². The molecule has 1 aromatic rings. The highest BCUT2D eigenvalue weighted by Gasteiger charge is 2.07. The van der Waals surface area contributed by atoms with Gasteiger partial charge >= 0.3 is 0 Å². The molecule has 1 heterocycles. The van der Waals surface area contributed by atoms with Gasteiger partial charge in [-0.05, 0) is 31.5 Å². The van der Waals surface area contributed by atoms with Gasteiger partial charge in [-0.1, -0.05) is 6.92 Å². The van der Waals surface area contributed by atoms with Gasteiger partial charge in [-0.15, -0.1) is 0 Å². The zero-order chi connectivity index (χ0) is 10.6. The molecule has 0 aliphatic rings. The third-order valence-electron chi connectivity index (χ3n) is 2.50. The van der Waals surface area contributed by atoms with Gasteiger partial charge in [0.1, 0.15) is 11.8 Å². The van der Waals surface area contributed by atoms with Gasteiger partial charge in [-0.25, -0.2) is 0 Å². The summed E-state index contributed by atoms with van der Waals surface area (Å²) in [6.45, 7) is 6.07. The molecular weight excluding hydrogens is 174 g/mol. The first-order valence-corrected chi connectivity index (χ1v) is 4.96. The van der Waals surface area contributed by atoms with E-state index in [1.807, 2.05) is 24.6 Å². The summed E-state index contributed by atoms with van der Waals surface area (Å²) in [6.07, 6.45) is 1.14. The van der Waals surface area contributed by atoms with Crippen LogP contribution in [0.5, 0.6) is 0 Å². The second-order valence-electron chi connectivity index (χ2n) is 3.49. The highest BCUT2D eigenvalue weighted by molar-refractivity contribution is 5.33. The van der Waals surface area contributed by atoms with E-state index in [1.54, 1.807) is 0 Å². The fourth-order valence-corrected chi connectivity index (χ4v) is 1.45. The maximum Gasteiger partial charge on any atom is 0.120 e. The largest absolute Gasteiger partial charge is 0.340 e. The topological polar surface area (TPSA) is 40.8 Å². The Hall–Kier alpha value is -1.27. The van der Waals surface area contributed by atoms with Gasteiger partial charge < -0.3 is 9.88 Å². The van der Waals surface area contributed by atoms with Crippen LogP contribution in [0.2, 0.25) is 0 Å². The van der Waals surface area contributed by atoms with E-state index in [0.717, 1.165) is 25.2 Å². The molecule has 0 amide bonds. The lowest BCUT2D eigenvalue weighted by molar-refractivity contribution is 0.671. The molecular formula is C11H17N3. The van der Waals surface area contributed by atoms with Gasteiger partial charge in [0.25, 0.3) is 0 Å². The molecule has 0 fully saturated rings. The van der Waals surface area contributed by atoms with Crippen LogP contribution in [0.15, 0.2) is 6.07 Å². The van der Waals surface area contributed by atoms with Crippen LogP contribution in [0.4, 0.5) is 0 Å². The van der Waals surface area contributed by atoms with Gasteiger partial charge in [-0.2, -0.15) is 5.26 Å². The average molecular weight is 191 g/mol. The normalized spacial score (nSPS) is 10.1. The summed E-state index contributed by atoms with van der Waals surface area (Å²) >= 11 is 0. The van der Waals surface area contributed by atoms with Crippen molar-refractivity contribution >= 4 is 0 Å². The number of nitrogens with one attached hydrogen (secondary N) is 1. The Morgan fingerprint density at radius 3 is 2.79 bits per heavy atom. The van der Waals surface area contributed by atoms with Crippen LogP contribution in [-0.4, -0.2) is 11.1 Å². The Kier molecular flexibility index (Phi) is 3.73. The first kappa shape index (κ1) is 10.8. The third-order valence-corrected chi connectivity index (χ3v) is 2.50. The number of nitrogens with zero attached hydrogens (tertiary/aromatic N) is 2. The summed E-state index contributed by atoms with van der Waals surface area (Å²) in [5, 5.41) is 12.2. The minimum absolute atomic E-state index is 0.732. The molecule has 0 aliphatic carbocycles. The van der Waals surface area contributed by atoms with Crippen molar-refractivity contribution in [1.82, 2.24) is 9.88 Å². The predicted molar refractivity (Wildman–Crippen MR) is 56.9 cm³/mol. The van der Waals surface area contributed by atoms with Gasteiger partial charge in [0.2, 0.25) is 0 Å². The maximum absolute atomic E-state index is 8.84.